The number of amides is 2. The van der Waals surface area contributed by atoms with Crippen LogP contribution in [0.4, 0.5) is 13.2 Å². The Hall–Kier alpha value is -3.48. The van der Waals surface area contributed by atoms with Crippen molar-refractivity contribution < 1.29 is 42.2 Å². The molecule has 4 atom stereocenters. The van der Waals surface area contributed by atoms with Crippen LogP contribution in [0.3, 0.4) is 0 Å². The van der Waals surface area contributed by atoms with E-state index in [0.717, 1.165) is 24.2 Å². The standard InChI is InChI=1S/C30H38F3N3O6S/c1-15(2)25(36(5)27(38)9-18-6-7-18)13-26(42-17(4)37)29-35-24(14-43-29)28(39)34-20(8-16(3)30(40)41)12-21-22(32)10-19(31)11-23(21)33/h10-11,14-16,18,20,25-26H,6-9,12-13H2,1-5H3,(H,34,39)(H,40,41)/t16-,20?,25?,26?/m0/s1. The zero-order chi connectivity index (χ0) is 32.0. The molecule has 1 aromatic heterocycles. The van der Waals surface area contributed by atoms with E-state index in [1.54, 1.807) is 11.9 Å². The Morgan fingerprint density at radius 3 is 2.28 bits per heavy atom. The van der Waals surface area contributed by atoms with Gasteiger partial charge in [-0.05, 0) is 37.5 Å². The zero-order valence-electron chi connectivity index (χ0n) is 24.9. The molecule has 1 aliphatic rings. The molecular formula is C30H38F3N3O6S. The van der Waals surface area contributed by atoms with E-state index in [0.29, 0.717) is 29.5 Å². The van der Waals surface area contributed by atoms with Crippen LogP contribution in [0.5, 0.6) is 0 Å². The highest BCUT2D eigenvalue weighted by Gasteiger charge is 2.33. The Bertz CT molecular complexity index is 1310. The van der Waals surface area contributed by atoms with E-state index in [4.69, 9.17) is 4.74 Å². The molecule has 1 saturated carbocycles. The van der Waals surface area contributed by atoms with E-state index in [1.165, 1.54) is 19.2 Å². The van der Waals surface area contributed by atoms with Crippen LogP contribution < -0.4 is 5.32 Å². The van der Waals surface area contributed by atoms with E-state index in [9.17, 15) is 37.5 Å². The van der Waals surface area contributed by atoms with Gasteiger partial charge in [0.2, 0.25) is 5.91 Å². The quantitative estimate of drug-likeness (QED) is 0.258. The minimum atomic E-state index is -1.17. The molecular weight excluding hydrogens is 587 g/mol. The Balaban J connectivity index is 1.80. The van der Waals surface area contributed by atoms with Gasteiger partial charge in [-0.15, -0.1) is 11.3 Å². The number of hydrogen-bond acceptors (Lipinski definition) is 7. The second-order valence-electron chi connectivity index (χ2n) is 11.6. The Morgan fingerprint density at radius 1 is 1.12 bits per heavy atom. The van der Waals surface area contributed by atoms with Crippen molar-refractivity contribution in [3.63, 3.8) is 0 Å². The minimum Gasteiger partial charge on any atom is -0.481 e. The van der Waals surface area contributed by atoms with Crippen LogP contribution in [-0.4, -0.2) is 57.9 Å². The van der Waals surface area contributed by atoms with E-state index in [-0.39, 0.29) is 36.4 Å². The van der Waals surface area contributed by atoms with Crippen LogP contribution >= 0.6 is 11.3 Å². The Labute approximate surface area is 252 Å². The number of nitrogens with one attached hydrogen (secondary N) is 1. The lowest BCUT2D eigenvalue weighted by molar-refractivity contribution is -0.148. The predicted octanol–water partition coefficient (Wildman–Crippen LogP) is 5.29. The Morgan fingerprint density at radius 2 is 1.74 bits per heavy atom. The fourth-order valence-electron chi connectivity index (χ4n) is 4.93. The molecule has 43 heavy (non-hydrogen) atoms. The van der Waals surface area contributed by atoms with E-state index in [1.807, 2.05) is 13.8 Å². The summed E-state index contributed by atoms with van der Waals surface area (Å²) < 4.78 is 47.7. The average molecular weight is 626 g/mol. The highest BCUT2D eigenvalue weighted by atomic mass is 32.1. The van der Waals surface area contributed by atoms with Crippen molar-refractivity contribution in [2.24, 2.45) is 17.8 Å². The number of thiazole rings is 1. The number of carboxylic acid groups (broad SMARTS) is 1. The molecule has 1 aliphatic carbocycles. The number of halogens is 3. The van der Waals surface area contributed by atoms with E-state index >= 15 is 0 Å². The van der Waals surface area contributed by atoms with Gasteiger partial charge in [-0.1, -0.05) is 20.8 Å². The topological polar surface area (TPSA) is 126 Å². The minimum absolute atomic E-state index is 0.0117. The number of aromatic nitrogens is 1. The van der Waals surface area contributed by atoms with E-state index < -0.39 is 65.3 Å². The number of ether oxygens (including phenoxy) is 1. The van der Waals surface area contributed by atoms with Crippen molar-refractivity contribution >= 4 is 35.1 Å². The van der Waals surface area contributed by atoms with Gasteiger partial charge in [-0.3, -0.25) is 19.2 Å². The molecule has 1 aromatic carbocycles. The SMILES string of the molecule is CC(=O)OC(CC(C(C)C)N(C)C(=O)CC1CC1)c1nc(C(=O)NC(Cc2c(F)cc(F)cc2F)C[C@H](C)C(=O)O)cs1. The Kier molecular flexibility index (Phi) is 11.7. The van der Waals surface area contributed by atoms with Crippen LogP contribution in [-0.2, 0) is 25.5 Å². The fourth-order valence-corrected chi connectivity index (χ4v) is 5.77. The summed E-state index contributed by atoms with van der Waals surface area (Å²) in [6.45, 7) is 6.56. The molecule has 2 N–H and O–H groups in total. The lowest BCUT2D eigenvalue weighted by atomic mass is 9.95. The summed E-state index contributed by atoms with van der Waals surface area (Å²) in [4.78, 5) is 55.6. The van der Waals surface area contributed by atoms with Crippen LogP contribution in [0.15, 0.2) is 17.5 Å². The maximum absolute atomic E-state index is 14.4. The third kappa shape index (κ3) is 9.77. The molecule has 0 bridgehead atoms. The smallest absolute Gasteiger partial charge is 0.306 e. The van der Waals surface area contributed by atoms with Crippen LogP contribution in [0.2, 0.25) is 0 Å². The molecule has 0 spiro atoms. The first-order valence-corrected chi connectivity index (χ1v) is 15.1. The second-order valence-corrected chi connectivity index (χ2v) is 12.5. The number of hydrogen-bond donors (Lipinski definition) is 2. The summed E-state index contributed by atoms with van der Waals surface area (Å²) in [5.74, 6) is -6.39. The lowest BCUT2D eigenvalue weighted by Crippen LogP contribution is -2.42. The van der Waals surface area contributed by atoms with Crippen LogP contribution in [0, 0.1) is 35.2 Å². The number of carbonyl (C=O) groups is 4. The monoisotopic (exact) mass is 625 g/mol. The van der Waals surface area contributed by atoms with E-state index in [2.05, 4.69) is 10.3 Å². The van der Waals surface area contributed by atoms with Gasteiger partial charge >= 0.3 is 11.9 Å². The summed E-state index contributed by atoms with van der Waals surface area (Å²) in [7, 11) is 1.73. The molecule has 0 radical (unpaired) electrons. The van der Waals surface area contributed by atoms with Gasteiger partial charge in [-0.2, -0.15) is 0 Å². The summed E-state index contributed by atoms with van der Waals surface area (Å²) in [5, 5.41) is 13.7. The summed E-state index contributed by atoms with van der Waals surface area (Å²) in [6.07, 6.45) is 1.35. The van der Waals surface area contributed by atoms with Crippen LogP contribution in [0.25, 0.3) is 0 Å². The normalized spacial score (nSPS) is 15.8. The maximum Gasteiger partial charge on any atom is 0.306 e. The number of nitrogens with zero attached hydrogens (tertiary/aromatic N) is 2. The van der Waals surface area contributed by atoms with Crippen LogP contribution in [0.1, 0.15) is 87.0 Å². The number of esters is 1. The van der Waals surface area contributed by atoms with Crippen molar-refractivity contribution in [1.29, 1.82) is 0 Å². The number of benzene rings is 1. The number of rotatable bonds is 15. The van der Waals surface area contributed by atoms with Gasteiger partial charge in [0.1, 0.15) is 28.2 Å². The van der Waals surface area contributed by atoms with Gasteiger partial charge in [-0.25, -0.2) is 18.2 Å². The summed E-state index contributed by atoms with van der Waals surface area (Å²) in [6, 6.07) is -0.277. The molecule has 9 nitrogen and oxygen atoms in total. The van der Waals surface area contributed by atoms with Crippen molar-refractivity contribution in [3.8, 4) is 0 Å². The molecule has 1 fully saturated rings. The first-order valence-electron chi connectivity index (χ1n) is 14.2. The molecule has 1 heterocycles. The highest BCUT2D eigenvalue weighted by Crippen LogP contribution is 2.35. The first kappa shape index (κ1) is 34.0. The van der Waals surface area contributed by atoms with Gasteiger partial charge < -0.3 is 20.1 Å². The molecule has 13 heteroatoms. The van der Waals surface area contributed by atoms with Crippen molar-refractivity contribution in [2.75, 3.05) is 7.05 Å². The predicted molar refractivity (Wildman–Crippen MR) is 153 cm³/mol. The molecule has 3 unspecified atom stereocenters. The van der Waals surface area contributed by atoms with Gasteiger partial charge in [0, 0.05) is 62.0 Å². The largest absolute Gasteiger partial charge is 0.481 e. The number of carboxylic acids is 1. The van der Waals surface area contributed by atoms with Crippen molar-refractivity contribution in [2.45, 2.75) is 84.4 Å². The summed E-state index contributed by atoms with van der Waals surface area (Å²) >= 11 is 1.07. The molecule has 0 aliphatic heterocycles. The molecule has 2 aromatic rings. The lowest BCUT2D eigenvalue weighted by Gasteiger charge is -2.33. The second kappa shape index (κ2) is 14.8. The first-order chi connectivity index (χ1) is 20.2. The summed E-state index contributed by atoms with van der Waals surface area (Å²) in [5.41, 5.74) is -0.553. The number of aliphatic carboxylic acids is 1. The number of carbonyl (C=O) groups excluding carboxylic acids is 3. The van der Waals surface area contributed by atoms with Gasteiger partial charge in [0.25, 0.3) is 5.91 Å². The van der Waals surface area contributed by atoms with Crippen molar-refractivity contribution in [1.82, 2.24) is 15.2 Å². The third-order valence-corrected chi connectivity index (χ3v) is 8.50. The fraction of sp³-hybridized carbons (Fsp3) is 0.567. The molecule has 236 valence electrons. The van der Waals surface area contributed by atoms with Gasteiger partial charge in [0.15, 0.2) is 6.10 Å². The third-order valence-electron chi connectivity index (χ3n) is 7.57. The highest BCUT2D eigenvalue weighted by molar-refractivity contribution is 7.09. The molecule has 3 rings (SSSR count). The maximum atomic E-state index is 14.4. The van der Waals surface area contributed by atoms with Gasteiger partial charge in [0.05, 0.1) is 5.92 Å². The molecule has 0 saturated heterocycles. The zero-order valence-corrected chi connectivity index (χ0v) is 25.7. The average Bonchev–Trinajstić information content (AvgIpc) is 3.58. The molecule has 2 amide bonds. The van der Waals surface area contributed by atoms with Crippen molar-refractivity contribution in [3.05, 3.63) is 51.2 Å².